The zero-order valence-corrected chi connectivity index (χ0v) is 13.3. The number of rotatable bonds is 3. The van der Waals surface area contributed by atoms with Crippen molar-refractivity contribution < 1.29 is 14.3 Å². The molecule has 1 atom stereocenters. The van der Waals surface area contributed by atoms with E-state index in [1.54, 1.807) is 12.3 Å². The monoisotopic (exact) mass is 333 g/mol. The Morgan fingerprint density at radius 3 is 2.64 bits per heavy atom. The van der Waals surface area contributed by atoms with Crippen LogP contribution < -0.4 is 14.9 Å². The molecule has 4 rings (SSSR count). The summed E-state index contributed by atoms with van der Waals surface area (Å²) in [5.41, 5.74) is 3.11. The number of aromatic nitrogens is 1. The summed E-state index contributed by atoms with van der Waals surface area (Å²) in [6.45, 7) is 0.135. The number of hydrazone groups is 1. The van der Waals surface area contributed by atoms with Gasteiger partial charge in [-0.05, 0) is 35.0 Å². The molecule has 25 heavy (non-hydrogen) atoms. The van der Waals surface area contributed by atoms with E-state index in [4.69, 9.17) is 9.47 Å². The maximum Gasteiger partial charge on any atom is 0.284 e. The van der Waals surface area contributed by atoms with Crippen LogP contribution in [0.4, 0.5) is 0 Å². The largest absolute Gasteiger partial charge is 0.485 e. The van der Waals surface area contributed by atoms with Gasteiger partial charge in [0.2, 0.25) is 6.10 Å². The van der Waals surface area contributed by atoms with Crippen molar-refractivity contribution in [3.8, 4) is 11.5 Å². The summed E-state index contributed by atoms with van der Waals surface area (Å²) in [7, 11) is 0. The average Bonchev–Trinajstić information content (AvgIpc) is 2.66. The summed E-state index contributed by atoms with van der Waals surface area (Å²) in [5.74, 6) is 0.824. The Bertz CT molecular complexity index is 941. The van der Waals surface area contributed by atoms with Gasteiger partial charge in [-0.1, -0.05) is 30.3 Å². The smallest absolute Gasteiger partial charge is 0.284 e. The molecule has 0 bridgehead atoms. The number of fused-ring (bicyclic) bond motifs is 2. The van der Waals surface area contributed by atoms with E-state index in [0.29, 0.717) is 17.2 Å². The highest BCUT2D eigenvalue weighted by Crippen LogP contribution is 2.35. The second-order valence-electron chi connectivity index (χ2n) is 5.55. The van der Waals surface area contributed by atoms with Crippen LogP contribution in [0.25, 0.3) is 10.8 Å². The number of pyridine rings is 1. The fourth-order valence-electron chi connectivity index (χ4n) is 2.57. The number of amides is 1. The van der Waals surface area contributed by atoms with Gasteiger partial charge < -0.3 is 9.47 Å². The number of carbonyl (C=O) groups is 1. The van der Waals surface area contributed by atoms with Crippen LogP contribution in [0, 0.1) is 0 Å². The van der Waals surface area contributed by atoms with Crippen molar-refractivity contribution >= 4 is 22.9 Å². The number of carbonyl (C=O) groups excluding carboxylic acids is 1. The molecule has 0 fully saturated rings. The van der Waals surface area contributed by atoms with Crippen molar-refractivity contribution in [2.45, 2.75) is 6.10 Å². The molecule has 0 spiro atoms. The molecule has 1 N–H and O–H groups in total. The predicted molar refractivity (Wildman–Crippen MR) is 93.8 cm³/mol. The molecular formula is C19H15N3O3. The van der Waals surface area contributed by atoms with Crippen LogP contribution in [0.15, 0.2) is 65.9 Å². The molecule has 2 aromatic carbocycles. The van der Waals surface area contributed by atoms with Crippen LogP contribution in [0.1, 0.15) is 5.69 Å². The first-order chi connectivity index (χ1) is 12.3. The molecule has 1 aliphatic heterocycles. The molecule has 3 aromatic rings. The predicted octanol–water partition coefficient (Wildman–Crippen LogP) is 2.52. The molecule has 0 saturated carbocycles. The van der Waals surface area contributed by atoms with Crippen LogP contribution in [0.3, 0.4) is 0 Å². The van der Waals surface area contributed by atoms with Crippen molar-refractivity contribution in [3.05, 3.63) is 66.5 Å². The van der Waals surface area contributed by atoms with Gasteiger partial charge in [-0.2, -0.15) is 5.10 Å². The molecule has 0 saturated heterocycles. The standard InChI is InChI=1S/C19H15N3O3/c23-19(22-21-11-15-7-3-4-8-20-15)18-12-24-16-9-13-5-1-2-6-14(13)10-17(16)25-18/h1-11,18H,12H2,(H,22,23)/b21-11-/t18-/m1/s1. The van der Waals surface area contributed by atoms with Crippen molar-refractivity contribution in [1.29, 1.82) is 0 Å². The fraction of sp³-hybridized carbons (Fsp3) is 0.105. The maximum atomic E-state index is 12.2. The van der Waals surface area contributed by atoms with Gasteiger partial charge in [0.1, 0.15) is 6.61 Å². The summed E-state index contributed by atoms with van der Waals surface area (Å²) >= 11 is 0. The summed E-state index contributed by atoms with van der Waals surface area (Å²) in [6, 6.07) is 17.1. The Kier molecular flexibility index (Phi) is 4.00. The second kappa shape index (κ2) is 6.60. The molecule has 6 heteroatoms. The summed E-state index contributed by atoms with van der Waals surface area (Å²) in [4.78, 5) is 16.3. The highest BCUT2D eigenvalue weighted by molar-refractivity contribution is 5.87. The second-order valence-corrected chi connectivity index (χ2v) is 5.55. The van der Waals surface area contributed by atoms with Gasteiger partial charge in [0, 0.05) is 6.20 Å². The number of nitrogens with one attached hydrogen (secondary N) is 1. The normalized spacial score (nSPS) is 16.1. The van der Waals surface area contributed by atoms with Gasteiger partial charge in [0.25, 0.3) is 5.91 Å². The summed E-state index contributed by atoms with van der Waals surface area (Å²) < 4.78 is 11.5. The number of hydrogen-bond acceptors (Lipinski definition) is 5. The van der Waals surface area contributed by atoms with Crippen molar-refractivity contribution in [2.24, 2.45) is 5.10 Å². The Hall–Kier alpha value is -3.41. The van der Waals surface area contributed by atoms with Crippen LogP contribution in [-0.4, -0.2) is 29.8 Å². The van der Waals surface area contributed by atoms with Crippen LogP contribution in [0.2, 0.25) is 0 Å². The van der Waals surface area contributed by atoms with E-state index in [2.05, 4.69) is 15.5 Å². The zero-order chi connectivity index (χ0) is 17.1. The molecule has 1 amide bonds. The molecule has 6 nitrogen and oxygen atoms in total. The van der Waals surface area contributed by atoms with Gasteiger partial charge in [0.15, 0.2) is 11.5 Å². The van der Waals surface area contributed by atoms with Crippen molar-refractivity contribution in [2.75, 3.05) is 6.61 Å². The zero-order valence-electron chi connectivity index (χ0n) is 13.3. The Labute approximate surface area is 144 Å². The lowest BCUT2D eigenvalue weighted by Crippen LogP contribution is -2.42. The third kappa shape index (κ3) is 3.28. The highest BCUT2D eigenvalue weighted by Gasteiger charge is 2.27. The third-order valence-electron chi connectivity index (χ3n) is 3.82. The molecule has 2 heterocycles. The molecular weight excluding hydrogens is 318 g/mol. The number of benzene rings is 2. The quantitative estimate of drug-likeness (QED) is 0.590. The SMILES string of the molecule is O=C(N/N=C\c1ccccn1)[C@H]1COc2cc3ccccc3cc2O1. The van der Waals surface area contributed by atoms with E-state index in [1.807, 2.05) is 48.5 Å². The Balaban J connectivity index is 1.45. The maximum absolute atomic E-state index is 12.2. The van der Waals surface area contributed by atoms with E-state index in [1.165, 1.54) is 6.21 Å². The lowest BCUT2D eigenvalue weighted by molar-refractivity contribution is -0.130. The van der Waals surface area contributed by atoms with E-state index in [0.717, 1.165) is 10.8 Å². The topological polar surface area (TPSA) is 72.8 Å². The average molecular weight is 333 g/mol. The fourth-order valence-corrected chi connectivity index (χ4v) is 2.57. The first kappa shape index (κ1) is 15.1. The summed E-state index contributed by atoms with van der Waals surface area (Å²) in [5, 5.41) is 5.99. The molecule has 0 radical (unpaired) electrons. The number of hydrogen-bond donors (Lipinski definition) is 1. The number of ether oxygens (including phenoxy) is 2. The van der Waals surface area contributed by atoms with Gasteiger partial charge in [-0.25, -0.2) is 5.43 Å². The lowest BCUT2D eigenvalue weighted by Gasteiger charge is -2.25. The van der Waals surface area contributed by atoms with E-state index < -0.39 is 6.10 Å². The van der Waals surface area contributed by atoms with Crippen LogP contribution in [-0.2, 0) is 4.79 Å². The minimum absolute atomic E-state index is 0.135. The molecule has 1 aromatic heterocycles. The first-order valence-corrected chi connectivity index (χ1v) is 7.86. The van der Waals surface area contributed by atoms with Gasteiger partial charge in [-0.3, -0.25) is 9.78 Å². The number of nitrogens with zero attached hydrogens (tertiary/aromatic N) is 2. The minimum atomic E-state index is -0.755. The van der Waals surface area contributed by atoms with Crippen LogP contribution in [0.5, 0.6) is 11.5 Å². The van der Waals surface area contributed by atoms with E-state index >= 15 is 0 Å². The Morgan fingerprint density at radius 1 is 1.12 bits per heavy atom. The van der Waals surface area contributed by atoms with Crippen LogP contribution >= 0.6 is 0 Å². The molecule has 124 valence electrons. The Morgan fingerprint density at radius 2 is 1.88 bits per heavy atom. The molecule has 1 aliphatic rings. The van der Waals surface area contributed by atoms with Gasteiger partial charge in [0.05, 0.1) is 11.9 Å². The van der Waals surface area contributed by atoms with Gasteiger partial charge >= 0.3 is 0 Å². The van der Waals surface area contributed by atoms with E-state index in [-0.39, 0.29) is 12.5 Å². The van der Waals surface area contributed by atoms with Gasteiger partial charge in [-0.15, -0.1) is 0 Å². The minimum Gasteiger partial charge on any atom is -0.485 e. The molecule has 0 aliphatic carbocycles. The molecule has 0 unspecified atom stereocenters. The third-order valence-corrected chi connectivity index (χ3v) is 3.82. The summed E-state index contributed by atoms with van der Waals surface area (Å²) in [6.07, 6.45) is 2.38. The van der Waals surface area contributed by atoms with E-state index in [9.17, 15) is 4.79 Å². The van der Waals surface area contributed by atoms with Crippen molar-refractivity contribution in [1.82, 2.24) is 10.4 Å². The first-order valence-electron chi connectivity index (χ1n) is 7.86. The van der Waals surface area contributed by atoms with Crippen molar-refractivity contribution in [3.63, 3.8) is 0 Å². The lowest BCUT2D eigenvalue weighted by atomic mass is 10.1. The highest BCUT2D eigenvalue weighted by atomic mass is 16.6.